The van der Waals surface area contributed by atoms with Crippen LogP contribution in [0.15, 0.2) is 58.5 Å². The minimum atomic E-state index is -0.696. The zero-order valence-corrected chi connectivity index (χ0v) is 15.7. The Labute approximate surface area is 166 Å². The molecule has 0 aromatic heterocycles. The Morgan fingerprint density at radius 1 is 0.828 bits per heavy atom. The molecule has 0 fully saturated rings. The predicted octanol–water partition coefficient (Wildman–Crippen LogP) is 3.25. The highest BCUT2D eigenvalue weighted by Crippen LogP contribution is 2.28. The van der Waals surface area contributed by atoms with Crippen molar-refractivity contribution in [1.82, 2.24) is 0 Å². The molecule has 0 amide bonds. The topological polar surface area (TPSA) is 111 Å². The van der Waals surface area contributed by atoms with Gasteiger partial charge >= 0.3 is 11.9 Å². The van der Waals surface area contributed by atoms with Crippen molar-refractivity contribution in [3.63, 3.8) is 0 Å². The molecule has 2 aromatic rings. The fourth-order valence-electron chi connectivity index (χ4n) is 2.61. The molecule has 0 aliphatic carbocycles. The molecule has 2 aromatic carbocycles. The number of benzene rings is 2. The van der Waals surface area contributed by atoms with Crippen molar-refractivity contribution in [2.75, 3.05) is 13.2 Å². The molecule has 0 heterocycles. The van der Waals surface area contributed by atoms with Gasteiger partial charge in [0.25, 0.3) is 0 Å². The quantitative estimate of drug-likeness (QED) is 0.279. The Bertz CT molecular complexity index is 879. The van der Waals surface area contributed by atoms with Gasteiger partial charge in [0, 0.05) is 5.92 Å². The molecule has 0 N–H and O–H groups in total. The fraction of sp³-hybridized carbons (Fsp3) is 0.238. The van der Waals surface area contributed by atoms with Crippen LogP contribution in [0.1, 0.15) is 30.4 Å². The van der Waals surface area contributed by atoms with Gasteiger partial charge in [-0.2, -0.15) is 9.98 Å². The van der Waals surface area contributed by atoms with Crippen molar-refractivity contribution in [2.45, 2.75) is 19.3 Å². The second-order valence-corrected chi connectivity index (χ2v) is 5.81. The van der Waals surface area contributed by atoms with E-state index in [1.54, 1.807) is 55.5 Å². The van der Waals surface area contributed by atoms with Gasteiger partial charge in [0.05, 0.1) is 18.0 Å². The van der Waals surface area contributed by atoms with Gasteiger partial charge in [-0.1, -0.05) is 24.3 Å². The van der Waals surface area contributed by atoms with Crippen LogP contribution in [0.4, 0.5) is 11.4 Å². The number of isocyanates is 2. The Kier molecular flexibility index (Phi) is 8.20. The first-order chi connectivity index (χ1) is 14.1. The second kappa shape index (κ2) is 11.1. The van der Waals surface area contributed by atoms with Crippen LogP contribution in [-0.4, -0.2) is 37.3 Å². The molecular formula is C21H18N2O6. The van der Waals surface area contributed by atoms with Gasteiger partial charge in [0.15, 0.2) is 0 Å². The van der Waals surface area contributed by atoms with Crippen LogP contribution in [0.2, 0.25) is 0 Å². The second-order valence-electron chi connectivity index (χ2n) is 5.81. The van der Waals surface area contributed by atoms with Crippen LogP contribution in [0.25, 0.3) is 0 Å². The third-order valence-electron chi connectivity index (χ3n) is 3.95. The van der Waals surface area contributed by atoms with Gasteiger partial charge < -0.3 is 9.47 Å². The van der Waals surface area contributed by atoms with Gasteiger partial charge in [0.2, 0.25) is 12.2 Å². The highest BCUT2D eigenvalue weighted by atomic mass is 16.6. The Balaban J connectivity index is 2.22. The maximum atomic E-state index is 11.9. The van der Waals surface area contributed by atoms with Crippen molar-refractivity contribution in [1.29, 1.82) is 0 Å². The summed E-state index contributed by atoms with van der Waals surface area (Å²) in [6, 6.07) is 13.5. The standard InChI is InChI=1S/C21H18N2O6/c1-2-28-20(26)11-21(27)29-12-19(15-3-7-17(8-4-15)22-13-24)16-5-9-18(10-6-16)23-14-25/h3-10,19H,2,11-12H2,1H3. The van der Waals surface area contributed by atoms with Gasteiger partial charge in [0.1, 0.15) is 13.0 Å². The summed E-state index contributed by atoms with van der Waals surface area (Å²) in [7, 11) is 0. The van der Waals surface area contributed by atoms with Crippen LogP contribution in [0.5, 0.6) is 0 Å². The molecule has 0 saturated heterocycles. The maximum Gasteiger partial charge on any atom is 0.317 e. The number of carbonyl (C=O) groups excluding carboxylic acids is 4. The number of ether oxygens (including phenoxy) is 2. The first-order valence-electron chi connectivity index (χ1n) is 8.74. The molecule has 0 aliphatic heterocycles. The third kappa shape index (κ3) is 6.66. The Morgan fingerprint density at radius 2 is 1.28 bits per heavy atom. The molecule has 0 aliphatic rings. The van der Waals surface area contributed by atoms with E-state index < -0.39 is 18.4 Å². The zero-order valence-electron chi connectivity index (χ0n) is 15.7. The Morgan fingerprint density at radius 3 is 1.69 bits per heavy atom. The molecule has 0 saturated carbocycles. The molecule has 148 valence electrons. The lowest BCUT2D eigenvalue weighted by molar-refractivity contribution is -0.154. The van der Waals surface area contributed by atoms with E-state index in [1.807, 2.05) is 0 Å². The molecule has 2 rings (SSSR count). The predicted molar refractivity (Wildman–Crippen MR) is 102 cm³/mol. The van der Waals surface area contributed by atoms with E-state index in [-0.39, 0.29) is 19.1 Å². The smallest absolute Gasteiger partial charge is 0.317 e. The number of carbonyl (C=O) groups is 2. The highest BCUT2D eigenvalue weighted by Gasteiger charge is 2.19. The van der Waals surface area contributed by atoms with E-state index in [2.05, 4.69) is 9.98 Å². The maximum absolute atomic E-state index is 11.9. The van der Waals surface area contributed by atoms with Gasteiger partial charge in [-0.3, -0.25) is 9.59 Å². The molecule has 29 heavy (non-hydrogen) atoms. The number of nitrogens with zero attached hydrogens (tertiary/aromatic N) is 2. The number of aliphatic imine (C=N–C) groups is 2. The van der Waals surface area contributed by atoms with Crippen molar-refractivity contribution in [2.24, 2.45) is 9.98 Å². The summed E-state index contributed by atoms with van der Waals surface area (Å²) in [5, 5.41) is 0. The summed E-state index contributed by atoms with van der Waals surface area (Å²) in [5.74, 6) is -1.70. The lowest BCUT2D eigenvalue weighted by atomic mass is 9.91. The largest absolute Gasteiger partial charge is 0.466 e. The summed E-state index contributed by atoms with van der Waals surface area (Å²) >= 11 is 0. The molecule has 0 radical (unpaired) electrons. The minimum absolute atomic E-state index is 0.0230. The van der Waals surface area contributed by atoms with E-state index in [0.29, 0.717) is 11.4 Å². The van der Waals surface area contributed by atoms with Crippen molar-refractivity contribution in [3.05, 3.63) is 59.7 Å². The van der Waals surface area contributed by atoms with Gasteiger partial charge in [-0.25, -0.2) is 9.59 Å². The third-order valence-corrected chi connectivity index (χ3v) is 3.95. The van der Waals surface area contributed by atoms with E-state index >= 15 is 0 Å². The summed E-state index contributed by atoms with van der Waals surface area (Å²) in [6.45, 7) is 1.81. The highest BCUT2D eigenvalue weighted by molar-refractivity contribution is 5.91. The van der Waals surface area contributed by atoms with E-state index in [9.17, 15) is 19.2 Å². The molecule has 0 spiro atoms. The first-order valence-corrected chi connectivity index (χ1v) is 8.74. The number of hydrogen-bond acceptors (Lipinski definition) is 8. The van der Waals surface area contributed by atoms with Crippen LogP contribution in [0.3, 0.4) is 0 Å². The SMILES string of the molecule is CCOC(=O)CC(=O)OCC(c1ccc(N=C=O)cc1)c1ccc(N=C=O)cc1. The number of hydrogen-bond donors (Lipinski definition) is 0. The Hall–Kier alpha value is -3.86. The number of esters is 2. The number of rotatable bonds is 9. The van der Waals surface area contributed by atoms with E-state index in [1.165, 1.54) is 12.2 Å². The first kappa shape index (κ1) is 21.4. The molecule has 8 nitrogen and oxygen atoms in total. The van der Waals surface area contributed by atoms with E-state index in [4.69, 9.17) is 9.47 Å². The monoisotopic (exact) mass is 394 g/mol. The molecular weight excluding hydrogens is 376 g/mol. The van der Waals surface area contributed by atoms with Crippen molar-refractivity contribution >= 4 is 35.5 Å². The fourth-order valence-corrected chi connectivity index (χ4v) is 2.61. The summed E-state index contributed by atoms with van der Waals surface area (Å²) in [6.07, 6.45) is 2.47. The molecule has 0 unspecified atom stereocenters. The lowest BCUT2D eigenvalue weighted by Gasteiger charge is -2.18. The summed E-state index contributed by atoms with van der Waals surface area (Å²) < 4.78 is 10.0. The van der Waals surface area contributed by atoms with Crippen LogP contribution < -0.4 is 0 Å². The molecule has 0 atom stereocenters. The van der Waals surface area contributed by atoms with E-state index in [0.717, 1.165) is 11.1 Å². The average Bonchev–Trinajstić information content (AvgIpc) is 2.71. The zero-order chi connectivity index (χ0) is 21.1. The van der Waals surface area contributed by atoms with Gasteiger partial charge in [-0.15, -0.1) is 0 Å². The minimum Gasteiger partial charge on any atom is -0.466 e. The average molecular weight is 394 g/mol. The van der Waals surface area contributed by atoms with Crippen LogP contribution >= 0.6 is 0 Å². The van der Waals surface area contributed by atoms with Crippen LogP contribution in [0, 0.1) is 0 Å². The lowest BCUT2D eigenvalue weighted by Crippen LogP contribution is -2.18. The van der Waals surface area contributed by atoms with Crippen molar-refractivity contribution in [3.8, 4) is 0 Å². The van der Waals surface area contributed by atoms with Crippen LogP contribution in [-0.2, 0) is 28.7 Å². The molecule has 8 heteroatoms. The normalized spacial score (nSPS) is 10.8. The summed E-state index contributed by atoms with van der Waals surface area (Å²) in [4.78, 5) is 51.2. The summed E-state index contributed by atoms with van der Waals surface area (Å²) in [5.41, 5.74) is 2.48. The van der Waals surface area contributed by atoms with Gasteiger partial charge in [-0.05, 0) is 42.3 Å². The molecule has 0 bridgehead atoms. The van der Waals surface area contributed by atoms with Crippen molar-refractivity contribution < 1.29 is 28.7 Å².